The van der Waals surface area contributed by atoms with Crippen molar-refractivity contribution in [3.05, 3.63) is 29.8 Å². The van der Waals surface area contributed by atoms with Crippen LogP contribution in [0.3, 0.4) is 0 Å². The maximum absolute atomic E-state index is 12.4. The van der Waals surface area contributed by atoms with E-state index in [-0.39, 0.29) is 4.90 Å². The van der Waals surface area contributed by atoms with Crippen LogP contribution in [-0.2, 0) is 10.0 Å². The van der Waals surface area contributed by atoms with Gasteiger partial charge in [0.05, 0.1) is 16.5 Å². The van der Waals surface area contributed by atoms with Crippen molar-refractivity contribution in [3.8, 4) is 6.07 Å². The minimum atomic E-state index is -3.56. The van der Waals surface area contributed by atoms with Crippen LogP contribution in [0.15, 0.2) is 29.2 Å². The zero-order valence-corrected chi connectivity index (χ0v) is 12.0. The van der Waals surface area contributed by atoms with Crippen molar-refractivity contribution in [3.63, 3.8) is 0 Å². The van der Waals surface area contributed by atoms with Gasteiger partial charge in [0.2, 0.25) is 10.0 Å². The molecule has 1 rings (SSSR count). The van der Waals surface area contributed by atoms with Crippen LogP contribution in [0.4, 0.5) is 0 Å². The van der Waals surface area contributed by atoms with Gasteiger partial charge < -0.3 is 0 Å². The van der Waals surface area contributed by atoms with Gasteiger partial charge in [0.1, 0.15) is 0 Å². The lowest BCUT2D eigenvalue weighted by atomic mass is 10.0. The third-order valence-corrected chi connectivity index (χ3v) is 5.40. The first-order valence-corrected chi connectivity index (χ1v) is 7.19. The van der Waals surface area contributed by atoms with Crippen LogP contribution in [0, 0.1) is 11.3 Å². The Labute approximate surface area is 109 Å². The van der Waals surface area contributed by atoms with Crippen LogP contribution >= 0.6 is 0 Å². The summed E-state index contributed by atoms with van der Waals surface area (Å²) in [5.74, 6) is 0. The Bertz CT molecular complexity index is 571. The quantitative estimate of drug-likeness (QED) is 0.840. The average Bonchev–Trinajstić information content (AvgIpc) is 2.37. The summed E-state index contributed by atoms with van der Waals surface area (Å²) in [6.07, 6.45) is 0.709. The topological polar surface area (TPSA) is 61.2 Å². The van der Waals surface area contributed by atoms with Gasteiger partial charge in [-0.1, -0.05) is 13.0 Å². The molecule has 0 aliphatic rings. The molecule has 0 atom stereocenters. The maximum atomic E-state index is 12.4. The molecule has 98 valence electrons. The van der Waals surface area contributed by atoms with Crippen molar-refractivity contribution in [1.29, 1.82) is 5.26 Å². The summed E-state index contributed by atoms with van der Waals surface area (Å²) in [5, 5.41) is 8.81. The fraction of sp³-hybridized carbons (Fsp3) is 0.462. The molecule has 4 nitrogen and oxygen atoms in total. The van der Waals surface area contributed by atoms with Crippen LogP contribution in [0.25, 0.3) is 0 Å². The largest absolute Gasteiger partial charge is 0.243 e. The van der Waals surface area contributed by atoms with Crippen molar-refractivity contribution >= 4 is 10.0 Å². The van der Waals surface area contributed by atoms with Gasteiger partial charge in [0.15, 0.2) is 0 Å². The van der Waals surface area contributed by atoms with Gasteiger partial charge >= 0.3 is 0 Å². The van der Waals surface area contributed by atoms with Crippen molar-refractivity contribution in [2.45, 2.75) is 37.6 Å². The maximum Gasteiger partial charge on any atom is 0.243 e. The molecule has 0 unspecified atom stereocenters. The molecular weight excluding hydrogens is 248 g/mol. The highest BCUT2D eigenvalue weighted by atomic mass is 32.2. The Hall–Kier alpha value is -1.38. The summed E-state index contributed by atoms with van der Waals surface area (Å²) in [6.45, 7) is 5.69. The van der Waals surface area contributed by atoms with Gasteiger partial charge in [-0.2, -0.15) is 9.57 Å². The average molecular weight is 266 g/mol. The zero-order valence-electron chi connectivity index (χ0n) is 11.1. The molecule has 0 radical (unpaired) electrons. The first-order valence-electron chi connectivity index (χ1n) is 5.75. The second kappa shape index (κ2) is 5.09. The van der Waals surface area contributed by atoms with Crippen LogP contribution < -0.4 is 0 Å². The lowest BCUT2D eigenvalue weighted by Gasteiger charge is -2.33. The Kier molecular flexibility index (Phi) is 4.15. The lowest BCUT2D eigenvalue weighted by Crippen LogP contribution is -2.44. The molecule has 0 aliphatic carbocycles. The molecule has 1 aromatic carbocycles. The summed E-state index contributed by atoms with van der Waals surface area (Å²) < 4.78 is 26.2. The standard InChI is InChI=1S/C13H18N2O2S/c1-5-13(2,3)15(4)18(16,17)12-8-6-7-11(9-12)10-14/h6-9H,5H2,1-4H3. The third-order valence-electron chi connectivity index (χ3n) is 3.34. The number of hydrogen-bond donors (Lipinski definition) is 0. The molecule has 0 amide bonds. The highest BCUT2D eigenvalue weighted by molar-refractivity contribution is 7.89. The number of sulfonamides is 1. The number of hydrogen-bond acceptors (Lipinski definition) is 3. The second-order valence-corrected chi connectivity index (χ2v) is 6.75. The van der Waals surface area contributed by atoms with Crippen molar-refractivity contribution < 1.29 is 8.42 Å². The number of nitrogens with zero attached hydrogens (tertiary/aromatic N) is 2. The van der Waals surface area contributed by atoms with Gasteiger partial charge in [-0.3, -0.25) is 0 Å². The molecule has 0 saturated carbocycles. The van der Waals surface area contributed by atoms with Gasteiger partial charge in [0.25, 0.3) is 0 Å². The molecule has 0 bridgehead atoms. The van der Waals surface area contributed by atoms with E-state index in [1.54, 1.807) is 19.2 Å². The first-order chi connectivity index (χ1) is 8.25. The van der Waals surface area contributed by atoms with Crippen molar-refractivity contribution in [2.24, 2.45) is 0 Å². The molecule has 0 heterocycles. The fourth-order valence-electron chi connectivity index (χ4n) is 1.43. The first kappa shape index (κ1) is 14.7. The van der Waals surface area contributed by atoms with E-state index in [2.05, 4.69) is 0 Å². The number of rotatable bonds is 4. The normalized spacial score (nSPS) is 12.4. The predicted molar refractivity (Wildman–Crippen MR) is 70.5 cm³/mol. The Morgan fingerprint density at radius 3 is 2.50 bits per heavy atom. The summed E-state index contributed by atoms with van der Waals surface area (Å²) in [6, 6.07) is 8.03. The SMILES string of the molecule is CCC(C)(C)N(C)S(=O)(=O)c1cccc(C#N)c1. The van der Waals surface area contributed by atoms with Gasteiger partial charge in [-0.05, 0) is 38.5 Å². The summed E-state index contributed by atoms with van der Waals surface area (Å²) in [7, 11) is -1.99. The van der Waals surface area contributed by atoms with Crippen molar-refractivity contribution in [1.82, 2.24) is 4.31 Å². The van der Waals surface area contributed by atoms with E-state index in [1.807, 2.05) is 26.8 Å². The molecule has 0 N–H and O–H groups in total. The fourth-order valence-corrected chi connectivity index (χ4v) is 3.05. The molecule has 18 heavy (non-hydrogen) atoms. The van der Waals surface area contributed by atoms with E-state index in [0.29, 0.717) is 12.0 Å². The molecule has 0 fully saturated rings. The third kappa shape index (κ3) is 2.71. The predicted octanol–water partition coefficient (Wildman–Crippen LogP) is 2.37. The minimum Gasteiger partial charge on any atom is -0.207 e. The number of nitriles is 1. The highest BCUT2D eigenvalue weighted by Crippen LogP contribution is 2.25. The van der Waals surface area contributed by atoms with E-state index < -0.39 is 15.6 Å². The minimum absolute atomic E-state index is 0.158. The molecule has 0 saturated heterocycles. The van der Waals surface area contributed by atoms with E-state index >= 15 is 0 Å². The zero-order chi connectivity index (χ0) is 14.0. The van der Waals surface area contributed by atoms with Crippen LogP contribution in [-0.4, -0.2) is 25.3 Å². The highest BCUT2D eigenvalue weighted by Gasteiger charge is 2.32. The molecular formula is C13H18N2O2S. The van der Waals surface area contributed by atoms with Gasteiger partial charge in [-0.25, -0.2) is 8.42 Å². The lowest BCUT2D eigenvalue weighted by molar-refractivity contribution is 0.257. The van der Waals surface area contributed by atoms with Crippen LogP contribution in [0.5, 0.6) is 0 Å². The molecule has 0 aliphatic heterocycles. The number of benzene rings is 1. The van der Waals surface area contributed by atoms with Crippen LogP contribution in [0.2, 0.25) is 0 Å². The summed E-state index contributed by atoms with van der Waals surface area (Å²) in [4.78, 5) is 0.158. The summed E-state index contributed by atoms with van der Waals surface area (Å²) in [5.41, 5.74) is -0.111. The van der Waals surface area contributed by atoms with Gasteiger partial charge in [0, 0.05) is 12.6 Å². The van der Waals surface area contributed by atoms with E-state index in [1.165, 1.54) is 16.4 Å². The Balaban J connectivity index is 3.26. The molecule has 0 spiro atoms. The second-order valence-electron chi connectivity index (χ2n) is 4.78. The van der Waals surface area contributed by atoms with E-state index in [0.717, 1.165) is 0 Å². The molecule has 0 aromatic heterocycles. The summed E-state index contributed by atoms with van der Waals surface area (Å²) >= 11 is 0. The Morgan fingerprint density at radius 1 is 1.39 bits per heavy atom. The van der Waals surface area contributed by atoms with E-state index in [4.69, 9.17) is 5.26 Å². The van der Waals surface area contributed by atoms with Crippen molar-refractivity contribution in [2.75, 3.05) is 7.05 Å². The smallest absolute Gasteiger partial charge is 0.207 e. The van der Waals surface area contributed by atoms with E-state index in [9.17, 15) is 8.42 Å². The molecule has 1 aromatic rings. The Morgan fingerprint density at radius 2 is 2.00 bits per heavy atom. The monoisotopic (exact) mass is 266 g/mol. The van der Waals surface area contributed by atoms with Crippen LogP contribution in [0.1, 0.15) is 32.8 Å². The van der Waals surface area contributed by atoms with Gasteiger partial charge in [-0.15, -0.1) is 0 Å². The molecule has 5 heteroatoms.